The molecule has 5 heteroatoms. The standard InChI is InChI=1S/C12H18ClN3O/c1-9(2)11-10(7-14-12(13)15-11)8-16-3-5-17-6-4-16/h7,9H,3-6,8H2,1-2H3. The molecule has 0 amide bonds. The molecule has 2 heterocycles. The SMILES string of the molecule is CC(C)c1nc(Cl)ncc1CN1CCOCC1. The Balaban J connectivity index is 2.13. The number of halogens is 1. The summed E-state index contributed by atoms with van der Waals surface area (Å²) in [6.07, 6.45) is 1.85. The molecule has 1 saturated heterocycles. The van der Waals surface area contributed by atoms with E-state index in [1.54, 1.807) is 0 Å². The lowest BCUT2D eigenvalue weighted by Gasteiger charge is -2.27. The molecule has 1 fully saturated rings. The van der Waals surface area contributed by atoms with Crippen molar-refractivity contribution in [1.82, 2.24) is 14.9 Å². The number of ether oxygens (including phenoxy) is 1. The molecule has 0 bridgehead atoms. The molecule has 0 aromatic carbocycles. The van der Waals surface area contributed by atoms with E-state index >= 15 is 0 Å². The van der Waals surface area contributed by atoms with Gasteiger partial charge in [0.15, 0.2) is 0 Å². The highest BCUT2D eigenvalue weighted by Gasteiger charge is 2.15. The Hall–Kier alpha value is -0.710. The molecule has 2 rings (SSSR count). The van der Waals surface area contributed by atoms with E-state index in [2.05, 4.69) is 28.7 Å². The van der Waals surface area contributed by atoms with Gasteiger partial charge in [0.05, 0.1) is 18.9 Å². The van der Waals surface area contributed by atoms with Gasteiger partial charge in [0, 0.05) is 31.4 Å². The second-order valence-electron chi connectivity index (χ2n) is 4.59. The van der Waals surface area contributed by atoms with Crippen LogP contribution in [0.5, 0.6) is 0 Å². The van der Waals surface area contributed by atoms with Crippen LogP contribution in [0.3, 0.4) is 0 Å². The Labute approximate surface area is 107 Å². The number of aromatic nitrogens is 2. The molecule has 0 radical (unpaired) electrons. The second-order valence-corrected chi connectivity index (χ2v) is 4.93. The molecule has 1 aromatic rings. The molecule has 1 aliphatic heterocycles. The quantitative estimate of drug-likeness (QED) is 0.776. The molecule has 0 saturated carbocycles. The van der Waals surface area contributed by atoms with Gasteiger partial charge in [0.25, 0.3) is 0 Å². The van der Waals surface area contributed by atoms with Crippen LogP contribution in [0.2, 0.25) is 5.28 Å². The summed E-state index contributed by atoms with van der Waals surface area (Å²) in [5.74, 6) is 0.367. The number of morpholine rings is 1. The molecule has 0 unspecified atom stereocenters. The Morgan fingerprint density at radius 1 is 1.41 bits per heavy atom. The fraction of sp³-hybridized carbons (Fsp3) is 0.667. The van der Waals surface area contributed by atoms with Gasteiger partial charge >= 0.3 is 0 Å². The lowest BCUT2D eigenvalue weighted by Crippen LogP contribution is -2.36. The third-order valence-corrected chi connectivity index (χ3v) is 3.10. The lowest BCUT2D eigenvalue weighted by atomic mass is 10.0. The van der Waals surface area contributed by atoms with Crippen molar-refractivity contribution < 1.29 is 4.74 Å². The third kappa shape index (κ3) is 3.37. The van der Waals surface area contributed by atoms with Gasteiger partial charge in [-0.15, -0.1) is 0 Å². The van der Waals surface area contributed by atoms with E-state index in [1.165, 1.54) is 5.56 Å². The summed E-state index contributed by atoms with van der Waals surface area (Å²) < 4.78 is 5.34. The maximum atomic E-state index is 5.85. The highest BCUT2D eigenvalue weighted by atomic mass is 35.5. The molecule has 0 spiro atoms. The van der Waals surface area contributed by atoms with Gasteiger partial charge in [-0.3, -0.25) is 4.90 Å². The summed E-state index contributed by atoms with van der Waals surface area (Å²) in [6, 6.07) is 0. The smallest absolute Gasteiger partial charge is 0.222 e. The van der Waals surface area contributed by atoms with Crippen LogP contribution < -0.4 is 0 Å². The van der Waals surface area contributed by atoms with Crippen LogP contribution in [0.4, 0.5) is 0 Å². The van der Waals surface area contributed by atoms with Gasteiger partial charge < -0.3 is 4.74 Å². The zero-order chi connectivity index (χ0) is 12.3. The predicted octanol–water partition coefficient (Wildman–Crippen LogP) is 2.09. The van der Waals surface area contributed by atoms with E-state index in [0.717, 1.165) is 38.5 Å². The molecule has 4 nitrogen and oxygen atoms in total. The van der Waals surface area contributed by atoms with E-state index in [-0.39, 0.29) is 0 Å². The summed E-state index contributed by atoms with van der Waals surface area (Å²) in [7, 11) is 0. The first-order valence-electron chi connectivity index (χ1n) is 5.98. The highest BCUT2D eigenvalue weighted by molar-refractivity contribution is 6.28. The Kier molecular flexibility index (Phi) is 4.31. The average molecular weight is 256 g/mol. The summed E-state index contributed by atoms with van der Waals surface area (Å²) in [4.78, 5) is 10.8. The number of hydrogen-bond acceptors (Lipinski definition) is 4. The Morgan fingerprint density at radius 3 is 2.76 bits per heavy atom. The van der Waals surface area contributed by atoms with Crippen molar-refractivity contribution in [1.29, 1.82) is 0 Å². The van der Waals surface area contributed by atoms with Crippen LogP contribution in [0.15, 0.2) is 6.20 Å². The van der Waals surface area contributed by atoms with E-state index in [0.29, 0.717) is 11.2 Å². The highest BCUT2D eigenvalue weighted by Crippen LogP contribution is 2.20. The fourth-order valence-corrected chi connectivity index (χ4v) is 2.16. The first-order valence-corrected chi connectivity index (χ1v) is 6.36. The van der Waals surface area contributed by atoms with Gasteiger partial charge in [0.2, 0.25) is 5.28 Å². The molecule has 94 valence electrons. The fourth-order valence-electron chi connectivity index (χ4n) is 2.02. The van der Waals surface area contributed by atoms with Crippen LogP contribution in [0.1, 0.15) is 31.0 Å². The van der Waals surface area contributed by atoms with Crippen molar-refractivity contribution >= 4 is 11.6 Å². The van der Waals surface area contributed by atoms with Gasteiger partial charge in [-0.1, -0.05) is 13.8 Å². The first kappa shape index (κ1) is 12.7. The predicted molar refractivity (Wildman–Crippen MR) is 67.2 cm³/mol. The Morgan fingerprint density at radius 2 is 2.12 bits per heavy atom. The van der Waals surface area contributed by atoms with Crippen LogP contribution in [0, 0.1) is 0 Å². The normalized spacial score (nSPS) is 17.6. The third-order valence-electron chi connectivity index (χ3n) is 2.91. The van der Waals surface area contributed by atoms with Crippen LogP contribution in [0.25, 0.3) is 0 Å². The van der Waals surface area contributed by atoms with Crippen LogP contribution in [-0.2, 0) is 11.3 Å². The van der Waals surface area contributed by atoms with Gasteiger partial charge in [-0.2, -0.15) is 0 Å². The zero-order valence-corrected chi connectivity index (χ0v) is 11.1. The van der Waals surface area contributed by atoms with Crippen LogP contribution >= 0.6 is 11.6 Å². The molecule has 17 heavy (non-hydrogen) atoms. The minimum atomic E-state index is 0.333. The van der Waals surface area contributed by atoms with Gasteiger partial charge in [-0.05, 0) is 17.5 Å². The van der Waals surface area contributed by atoms with Crippen LogP contribution in [-0.4, -0.2) is 41.2 Å². The summed E-state index contributed by atoms with van der Waals surface area (Å²) in [5.41, 5.74) is 2.22. The van der Waals surface area contributed by atoms with Crippen molar-refractivity contribution in [3.8, 4) is 0 Å². The second kappa shape index (κ2) is 5.76. The first-order chi connectivity index (χ1) is 8.16. The Bertz CT molecular complexity index is 378. The number of hydrogen-bond donors (Lipinski definition) is 0. The minimum Gasteiger partial charge on any atom is -0.379 e. The lowest BCUT2D eigenvalue weighted by molar-refractivity contribution is 0.0339. The van der Waals surface area contributed by atoms with Gasteiger partial charge in [0.1, 0.15) is 0 Å². The molecular formula is C12H18ClN3O. The average Bonchev–Trinajstić information content (AvgIpc) is 2.32. The van der Waals surface area contributed by atoms with E-state index in [9.17, 15) is 0 Å². The molecule has 0 N–H and O–H groups in total. The van der Waals surface area contributed by atoms with E-state index in [1.807, 2.05) is 6.20 Å². The summed E-state index contributed by atoms with van der Waals surface area (Å²) >= 11 is 5.85. The zero-order valence-electron chi connectivity index (χ0n) is 10.3. The molecular weight excluding hydrogens is 238 g/mol. The molecule has 0 atom stereocenters. The maximum absolute atomic E-state index is 5.85. The molecule has 1 aliphatic rings. The van der Waals surface area contributed by atoms with Crippen molar-refractivity contribution in [3.63, 3.8) is 0 Å². The topological polar surface area (TPSA) is 38.2 Å². The van der Waals surface area contributed by atoms with E-state index in [4.69, 9.17) is 16.3 Å². The largest absolute Gasteiger partial charge is 0.379 e. The maximum Gasteiger partial charge on any atom is 0.222 e. The van der Waals surface area contributed by atoms with Crippen molar-refractivity contribution in [3.05, 3.63) is 22.7 Å². The monoisotopic (exact) mass is 255 g/mol. The van der Waals surface area contributed by atoms with Crippen molar-refractivity contribution in [2.75, 3.05) is 26.3 Å². The molecule has 1 aromatic heterocycles. The van der Waals surface area contributed by atoms with Crippen molar-refractivity contribution in [2.45, 2.75) is 26.3 Å². The van der Waals surface area contributed by atoms with Gasteiger partial charge in [-0.25, -0.2) is 9.97 Å². The minimum absolute atomic E-state index is 0.333. The summed E-state index contributed by atoms with van der Waals surface area (Å²) in [6.45, 7) is 8.70. The van der Waals surface area contributed by atoms with E-state index < -0.39 is 0 Å². The molecule has 0 aliphatic carbocycles. The summed E-state index contributed by atoms with van der Waals surface area (Å²) in [5, 5.41) is 0.333. The van der Waals surface area contributed by atoms with Crippen molar-refractivity contribution in [2.24, 2.45) is 0 Å². The number of nitrogens with zero attached hydrogens (tertiary/aromatic N) is 3. The number of rotatable bonds is 3.